The smallest absolute Gasteiger partial charge is 0.0610 e. The molecule has 0 aliphatic rings. The van der Waals surface area contributed by atoms with Crippen molar-refractivity contribution in [3.8, 4) is 0 Å². The second-order valence-electron chi connectivity index (χ2n) is 3.05. The highest BCUT2D eigenvalue weighted by Gasteiger charge is 1.99. The van der Waals surface area contributed by atoms with Gasteiger partial charge in [-0.2, -0.15) is 0 Å². The van der Waals surface area contributed by atoms with Crippen molar-refractivity contribution in [2.24, 2.45) is 0 Å². The van der Waals surface area contributed by atoms with Gasteiger partial charge in [0, 0.05) is 18.4 Å². The van der Waals surface area contributed by atoms with Crippen molar-refractivity contribution in [2.45, 2.75) is 6.54 Å². The van der Waals surface area contributed by atoms with Gasteiger partial charge in [0.15, 0.2) is 0 Å². The van der Waals surface area contributed by atoms with Crippen LogP contribution in [0.25, 0.3) is 10.9 Å². The van der Waals surface area contributed by atoms with Gasteiger partial charge >= 0.3 is 0 Å². The molecule has 68 valence electrons. The fourth-order valence-corrected chi connectivity index (χ4v) is 1.50. The number of anilines is 1. The minimum Gasteiger partial charge on any atom is -0.399 e. The quantitative estimate of drug-likeness (QED) is 0.676. The van der Waals surface area contributed by atoms with E-state index < -0.39 is 0 Å². The predicted octanol–water partition coefficient (Wildman–Crippen LogP) is 1.22. The van der Waals surface area contributed by atoms with Crippen LogP contribution in [0, 0.1) is 0 Å². The highest BCUT2D eigenvalue weighted by atomic mass is 16.3. The van der Waals surface area contributed by atoms with Crippen LogP contribution in [-0.4, -0.2) is 16.3 Å². The van der Waals surface area contributed by atoms with Crippen LogP contribution in [0.5, 0.6) is 0 Å². The first-order valence-electron chi connectivity index (χ1n) is 4.26. The minimum atomic E-state index is 0.151. The van der Waals surface area contributed by atoms with E-state index in [9.17, 15) is 0 Å². The van der Waals surface area contributed by atoms with E-state index in [2.05, 4.69) is 0 Å². The molecule has 0 saturated carbocycles. The number of aliphatic hydroxyl groups is 1. The molecular weight excluding hydrogens is 164 g/mol. The third kappa shape index (κ3) is 1.38. The summed E-state index contributed by atoms with van der Waals surface area (Å²) in [7, 11) is 0. The fourth-order valence-electron chi connectivity index (χ4n) is 1.50. The maximum atomic E-state index is 8.81. The molecule has 0 fully saturated rings. The molecule has 0 amide bonds. The molecule has 2 rings (SSSR count). The molecule has 0 atom stereocenters. The second kappa shape index (κ2) is 3.11. The Morgan fingerprint density at radius 1 is 1.31 bits per heavy atom. The Bertz CT molecular complexity index is 420. The summed E-state index contributed by atoms with van der Waals surface area (Å²) in [6.45, 7) is 0.769. The third-order valence-electron chi connectivity index (χ3n) is 2.14. The van der Waals surface area contributed by atoms with Crippen molar-refractivity contribution in [2.75, 3.05) is 12.3 Å². The Kier molecular flexibility index (Phi) is 1.94. The number of rotatable bonds is 2. The van der Waals surface area contributed by atoms with E-state index in [4.69, 9.17) is 10.8 Å². The topological polar surface area (TPSA) is 51.2 Å². The van der Waals surface area contributed by atoms with Gasteiger partial charge in [-0.1, -0.05) is 6.07 Å². The highest BCUT2D eigenvalue weighted by Crippen LogP contribution is 2.18. The molecule has 1 aromatic carbocycles. The predicted molar refractivity (Wildman–Crippen MR) is 53.4 cm³/mol. The number of nitrogens with zero attached hydrogens (tertiary/aromatic N) is 1. The van der Waals surface area contributed by atoms with Crippen molar-refractivity contribution in [1.29, 1.82) is 0 Å². The summed E-state index contributed by atoms with van der Waals surface area (Å²) in [5.74, 6) is 0. The monoisotopic (exact) mass is 176 g/mol. The number of nitrogen functional groups attached to an aromatic ring is 1. The number of aromatic nitrogens is 1. The fraction of sp³-hybridized carbons (Fsp3) is 0.200. The van der Waals surface area contributed by atoms with Crippen LogP contribution in [0.1, 0.15) is 0 Å². The van der Waals surface area contributed by atoms with Crippen molar-refractivity contribution >= 4 is 16.6 Å². The molecular formula is C10H12N2O. The van der Waals surface area contributed by atoms with E-state index in [-0.39, 0.29) is 6.61 Å². The summed E-state index contributed by atoms with van der Waals surface area (Å²) in [6, 6.07) is 7.81. The molecule has 3 heteroatoms. The van der Waals surface area contributed by atoms with Crippen molar-refractivity contribution in [1.82, 2.24) is 4.57 Å². The zero-order chi connectivity index (χ0) is 9.26. The highest BCUT2D eigenvalue weighted by molar-refractivity contribution is 5.83. The van der Waals surface area contributed by atoms with Crippen LogP contribution < -0.4 is 5.73 Å². The van der Waals surface area contributed by atoms with Gasteiger partial charge in [-0.15, -0.1) is 0 Å². The van der Waals surface area contributed by atoms with Crippen LogP contribution in [0.2, 0.25) is 0 Å². The largest absolute Gasteiger partial charge is 0.399 e. The number of nitrogens with two attached hydrogens (primary N) is 1. The van der Waals surface area contributed by atoms with E-state index in [1.165, 1.54) is 0 Å². The van der Waals surface area contributed by atoms with Crippen molar-refractivity contribution < 1.29 is 5.11 Å². The zero-order valence-corrected chi connectivity index (χ0v) is 7.27. The Morgan fingerprint density at radius 2 is 2.15 bits per heavy atom. The minimum absolute atomic E-state index is 0.151. The van der Waals surface area contributed by atoms with Gasteiger partial charge in [-0.05, 0) is 23.6 Å². The van der Waals surface area contributed by atoms with E-state index in [1.54, 1.807) is 0 Å². The van der Waals surface area contributed by atoms with Crippen LogP contribution in [0.3, 0.4) is 0 Å². The first-order valence-corrected chi connectivity index (χ1v) is 4.26. The van der Waals surface area contributed by atoms with E-state index in [1.807, 2.05) is 35.0 Å². The zero-order valence-electron chi connectivity index (χ0n) is 7.27. The normalized spacial score (nSPS) is 10.8. The lowest BCUT2D eigenvalue weighted by Crippen LogP contribution is -1.99. The summed E-state index contributed by atoms with van der Waals surface area (Å²) in [5, 5.41) is 9.97. The van der Waals surface area contributed by atoms with Crippen LogP contribution in [-0.2, 0) is 6.54 Å². The van der Waals surface area contributed by atoms with Gasteiger partial charge in [0.1, 0.15) is 0 Å². The average molecular weight is 176 g/mol. The second-order valence-corrected chi connectivity index (χ2v) is 3.05. The lowest BCUT2D eigenvalue weighted by Gasteiger charge is -2.02. The Hall–Kier alpha value is -1.48. The summed E-state index contributed by atoms with van der Waals surface area (Å²) >= 11 is 0. The van der Waals surface area contributed by atoms with E-state index in [0.29, 0.717) is 6.54 Å². The summed E-state index contributed by atoms with van der Waals surface area (Å²) in [4.78, 5) is 0. The molecule has 0 bridgehead atoms. The number of hydrogen-bond donors (Lipinski definition) is 2. The SMILES string of the molecule is Nc1ccc2ccn(CCO)c2c1. The summed E-state index contributed by atoms with van der Waals surface area (Å²) < 4.78 is 1.99. The number of aliphatic hydroxyl groups excluding tert-OH is 1. The number of hydrogen-bond acceptors (Lipinski definition) is 2. The molecule has 2 aromatic rings. The van der Waals surface area contributed by atoms with Gasteiger partial charge in [0.2, 0.25) is 0 Å². The molecule has 0 aliphatic carbocycles. The lowest BCUT2D eigenvalue weighted by atomic mass is 10.2. The molecule has 3 N–H and O–H groups in total. The molecule has 13 heavy (non-hydrogen) atoms. The van der Waals surface area contributed by atoms with Gasteiger partial charge in [0.05, 0.1) is 12.1 Å². The van der Waals surface area contributed by atoms with E-state index >= 15 is 0 Å². The lowest BCUT2D eigenvalue weighted by molar-refractivity contribution is 0.278. The molecule has 0 saturated heterocycles. The van der Waals surface area contributed by atoms with E-state index in [0.717, 1.165) is 16.6 Å². The molecule has 3 nitrogen and oxygen atoms in total. The Balaban J connectivity index is 2.58. The van der Waals surface area contributed by atoms with Gasteiger partial charge < -0.3 is 15.4 Å². The van der Waals surface area contributed by atoms with Crippen LogP contribution >= 0.6 is 0 Å². The van der Waals surface area contributed by atoms with Crippen LogP contribution in [0.4, 0.5) is 5.69 Å². The molecule has 0 radical (unpaired) electrons. The molecule has 0 unspecified atom stereocenters. The molecule has 1 heterocycles. The first-order chi connectivity index (χ1) is 6.31. The van der Waals surface area contributed by atoms with Gasteiger partial charge in [0.25, 0.3) is 0 Å². The molecule has 0 aliphatic heterocycles. The van der Waals surface area contributed by atoms with Gasteiger partial charge in [-0.25, -0.2) is 0 Å². The standard InChI is InChI=1S/C10H12N2O/c11-9-2-1-8-3-4-12(5-6-13)10(8)7-9/h1-4,7,13H,5-6,11H2. The van der Waals surface area contributed by atoms with Crippen LogP contribution in [0.15, 0.2) is 30.5 Å². The van der Waals surface area contributed by atoms with Crippen molar-refractivity contribution in [3.63, 3.8) is 0 Å². The maximum Gasteiger partial charge on any atom is 0.0610 e. The number of fused-ring (bicyclic) bond motifs is 1. The van der Waals surface area contributed by atoms with Gasteiger partial charge in [-0.3, -0.25) is 0 Å². The molecule has 1 aromatic heterocycles. The summed E-state index contributed by atoms with van der Waals surface area (Å²) in [5.41, 5.74) is 7.51. The van der Waals surface area contributed by atoms with Crippen molar-refractivity contribution in [3.05, 3.63) is 30.5 Å². The maximum absolute atomic E-state index is 8.81. The molecule has 0 spiro atoms. The number of benzene rings is 1. The average Bonchev–Trinajstić information content (AvgIpc) is 2.49. The Morgan fingerprint density at radius 3 is 2.92 bits per heavy atom. The first kappa shape index (κ1) is 8.13. The third-order valence-corrected chi connectivity index (χ3v) is 2.14. The Labute approximate surface area is 76.4 Å². The summed E-state index contributed by atoms with van der Waals surface area (Å²) in [6.07, 6.45) is 1.96.